The monoisotopic (exact) mass is 276 g/mol. The van der Waals surface area contributed by atoms with Crippen LogP contribution in [0.3, 0.4) is 0 Å². The lowest BCUT2D eigenvalue weighted by molar-refractivity contribution is -0.115. The Hall–Kier alpha value is -1.49. The first-order chi connectivity index (χ1) is 9.13. The molecule has 0 radical (unpaired) electrons. The number of nitrogens with one attached hydrogen (secondary N) is 2. The van der Waals surface area contributed by atoms with Gasteiger partial charge in [0.2, 0.25) is 5.91 Å². The summed E-state index contributed by atoms with van der Waals surface area (Å²) in [6.07, 6.45) is 2.43. The lowest BCUT2D eigenvalue weighted by atomic mass is 10.1. The summed E-state index contributed by atoms with van der Waals surface area (Å²) in [6, 6.07) is 5.48. The Balaban J connectivity index is 1.74. The number of anilines is 1. The van der Waals surface area contributed by atoms with Gasteiger partial charge in [-0.25, -0.2) is 0 Å². The maximum absolute atomic E-state index is 12.0. The summed E-state index contributed by atoms with van der Waals surface area (Å²) in [7, 11) is 0. The summed E-state index contributed by atoms with van der Waals surface area (Å²) in [4.78, 5) is 24.6. The third-order valence-electron chi connectivity index (χ3n) is 3.42. The molecule has 0 saturated heterocycles. The summed E-state index contributed by atoms with van der Waals surface area (Å²) < 4.78 is 0. The molecule has 1 fully saturated rings. The SMILES string of the molecule is C[C@H]1Sc2ccc(C(=O)NCC3CC3)cc2NC1=O. The first-order valence-corrected chi connectivity index (χ1v) is 7.41. The van der Waals surface area contributed by atoms with Gasteiger partial charge in [0.15, 0.2) is 0 Å². The van der Waals surface area contributed by atoms with Crippen LogP contribution in [-0.2, 0) is 4.79 Å². The van der Waals surface area contributed by atoms with Crippen LogP contribution < -0.4 is 10.6 Å². The smallest absolute Gasteiger partial charge is 0.251 e. The van der Waals surface area contributed by atoms with Gasteiger partial charge in [0.1, 0.15) is 0 Å². The van der Waals surface area contributed by atoms with Crippen LogP contribution in [0.15, 0.2) is 23.1 Å². The van der Waals surface area contributed by atoms with E-state index in [-0.39, 0.29) is 17.1 Å². The molecule has 0 aromatic heterocycles. The van der Waals surface area contributed by atoms with E-state index in [2.05, 4.69) is 10.6 Å². The molecular weight excluding hydrogens is 260 g/mol. The number of hydrogen-bond acceptors (Lipinski definition) is 3. The second-order valence-corrected chi connectivity index (χ2v) is 6.50. The first kappa shape index (κ1) is 12.5. The lowest BCUT2D eigenvalue weighted by Gasteiger charge is -2.21. The van der Waals surface area contributed by atoms with Crippen molar-refractivity contribution in [3.63, 3.8) is 0 Å². The van der Waals surface area contributed by atoms with Crippen molar-refractivity contribution in [1.82, 2.24) is 5.32 Å². The summed E-state index contributed by atoms with van der Waals surface area (Å²) in [5, 5.41) is 5.69. The second-order valence-electron chi connectivity index (χ2n) is 5.11. The largest absolute Gasteiger partial charge is 0.352 e. The zero-order chi connectivity index (χ0) is 13.4. The van der Waals surface area contributed by atoms with E-state index in [1.165, 1.54) is 24.6 Å². The normalized spacial score (nSPS) is 21.5. The van der Waals surface area contributed by atoms with Crippen molar-refractivity contribution < 1.29 is 9.59 Å². The predicted octanol–water partition coefficient (Wildman–Crippen LogP) is 2.26. The van der Waals surface area contributed by atoms with Gasteiger partial charge >= 0.3 is 0 Å². The number of carbonyl (C=O) groups excluding carboxylic acids is 2. The van der Waals surface area contributed by atoms with Gasteiger partial charge in [-0.3, -0.25) is 9.59 Å². The highest BCUT2D eigenvalue weighted by molar-refractivity contribution is 8.00. The average Bonchev–Trinajstić information content (AvgIpc) is 3.21. The molecule has 0 unspecified atom stereocenters. The van der Waals surface area contributed by atoms with Gasteiger partial charge in [-0.05, 0) is 43.9 Å². The Labute approximate surface area is 116 Å². The van der Waals surface area contributed by atoms with Gasteiger partial charge < -0.3 is 10.6 Å². The van der Waals surface area contributed by atoms with Gasteiger partial charge in [0.25, 0.3) is 5.91 Å². The number of hydrogen-bond donors (Lipinski definition) is 2. The van der Waals surface area contributed by atoms with E-state index < -0.39 is 0 Å². The van der Waals surface area contributed by atoms with Crippen molar-refractivity contribution in [2.45, 2.75) is 29.9 Å². The third kappa shape index (κ3) is 2.76. The van der Waals surface area contributed by atoms with Gasteiger partial charge in [-0.1, -0.05) is 0 Å². The molecule has 1 saturated carbocycles. The third-order valence-corrected chi connectivity index (χ3v) is 4.60. The maximum atomic E-state index is 12.0. The Kier molecular flexibility index (Phi) is 3.22. The second kappa shape index (κ2) is 4.89. The van der Waals surface area contributed by atoms with E-state index in [0.29, 0.717) is 11.5 Å². The van der Waals surface area contributed by atoms with Crippen molar-refractivity contribution >= 4 is 29.3 Å². The van der Waals surface area contributed by atoms with Crippen LogP contribution in [0.5, 0.6) is 0 Å². The summed E-state index contributed by atoms with van der Waals surface area (Å²) in [5.41, 5.74) is 1.35. The summed E-state index contributed by atoms with van der Waals surface area (Å²) in [6.45, 7) is 2.63. The Morgan fingerprint density at radius 1 is 1.47 bits per heavy atom. The highest BCUT2D eigenvalue weighted by Crippen LogP contribution is 2.36. The predicted molar refractivity (Wildman–Crippen MR) is 75.4 cm³/mol. The average molecular weight is 276 g/mol. The summed E-state index contributed by atoms with van der Waals surface area (Å²) >= 11 is 1.52. The number of benzene rings is 1. The molecule has 3 rings (SSSR count). The van der Waals surface area contributed by atoms with Crippen LogP contribution in [0.2, 0.25) is 0 Å². The Morgan fingerprint density at radius 2 is 2.26 bits per heavy atom. The van der Waals surface area contributed by atoms with Crippen LogP contribution in [0.4, 0.5) is 5.69 Å². The molecule has 2 aliphatic rings. The van der Waals surface area contributed by atoms with Gasteiger partial charge in [0, 0.05) is 17.0 Å². The molecule has 1 aliphatic heterocycles. The van der Waals surface area contributed by atoms with Gasteiger partial charge in [-0.15, -0.1) is 11.8 Å². The minimum absolute atomic E-state index is 0.00645. The molecule has 19 heavy (non-hydrogen) atoms. The van der Waals surface area contributed by atoms with Crippen molar-refractivity contribution in [2.24, 2.45) is 5.92 Å². The molecule has 1 aliphatic carbocycles. The summed E-state index contributed by atoms with van der Waals surface area (Å²) in [5.74, 6) is 0.596. The number of rotatable bonds is 3. The van der Waals surface area contributed by atoms with Crippen LogP contribution in [0, 0.1) is 5.92 Å². The molecule has 1 aromatic carbocycles. The number of fused-ring (bicyclic) bond motifs is 1. The van der Waals surface area contributed by atoms with E-state index in [0.717, 1.165) is 17.1 Å². The molecule has 5 heteroatoms. The molecule has 100 valence electrons. The van der Waals surface area contributed by atoms with E-state index in [1.807, 2.05) is 19.1 Å². The molecular formula is C14H16N2O2S. The van der Waals surface area contributed by atoms with Gasteiger partial charge in [-0.2, -0.15) is 0 Å². The number of thioether (sulfide) groups is 1. The van der Waals surface area contributed by atoms with E-state index in [4.69, 9.17) is 0 Å². The fourth-order valence-corrected chi connectivity index (χ4v) is 2.94. The standard InChI is InChI=1S/C14H16N2O2S/c1-8-13(17)16-11-6-10(4-5-12(11)19-8)14(18)15-7-9-2-3-9/h4-6,8-9H,2-3,7H2,1H3,(H,15,18)(H,16,17)/t8-/m1/s1. The Morgan fingerprint density at radius 3 is 3.00 bits per heavy atom. The molecule has 4 nitrogen and oxygen atoms in total. The maximum Gasteiger partial charge on any atom is 0.251 e. The van der Waals surface area contributed by atoms with E-state index in [1.54, 1.807) is 6.07 Å². The molecule has 1 heterocycles. The minimum Gasteiger partial charge on any atom is -0.352 e. The molecule has 1 atom stereocenters. The van der Waals surface area contributed by atoms with Crippen molar-refractivity contribution in [3.05, 3.63) is 23.8 Å². The van der Waals surface area contributed by atoms with Crippen molar-refractivity contribution in [1.29, 1.82) is 0 Å². The highest BCUT2D eigenvalue weighted by Gasteiger charge is 2.25. The molecule has 0 bridgehead atoms. The fraction of sp³-hybridized carbons (Fsp3) is 0.429. The first-order valence-electron chi connectivity index (χ1n) is 6.53. The van der Waals surface area contributed by atoms with Crippen molar-refractivity contribution in [2.75, 3.05) is 11.9 Å². The number of carbonyl (C=O) groups is 2. The highest BCUT2D eigenvalue weighted by atomic mass is 32.2. The Bertz CT molecular complexity index is 540. The van der Waals surface area contributed by atoms with Crippen LogP contribution >= 0.6 is 11.8 Å². The van der Waals surface area contributed by atoms with Crippen molar-refractivity contribution in [3.8, 4) is 0 Å². The van der Waals surface area contributed by atoms with E-state index in [9.17, 15) is 9.59 Å². The van der Waals surface area contributed by atoms with Gasteiger partial charge in [0.05, 0.1) is 10.9 Å². The minimum atomic E-state index is -0.0814. The molecule has 1 aromatic rings. The zero-order valence-electron chi connectivity index (χ0n) is 10.7. The van der Waals surface area contributed by atoms with Crippen LogP contribution in [-0.4, -0.2) is 23.6 Å². The molecule has 2 amide bonds. The van der Waals surface area contributed by atoms with Crippen LogP contribution in [0.1, 0.15) is 30.1 Å². The fourth-order valence-electron chi connectivity index (χ4n) is 2.01. The zero-order valence-corrected chi connectivity index (χ0v) is 11.5. The number of amides is 2. The lowest BCUT2D eigenvalue weighted by Crippen LogP contribution is -2.28. The molecule has 2 N–H and O–H groups in total. The quantitative estimate of drug-likeness (QED) is 0.890. The molecule has 0 spiro atoms. The van der Waals surface area contributed by atoms with E-state index >= 15 is 0 Å². The topological polar surface area (TPSA) is 58.2 Å². The van der Waals surface area contributed by atoms with Crippen LogP contribution in [0.25, 0.3) is 0 Å².